The van der Waals surface area contributed by atoms with Gasteiger partial charge in [-0.1, -0.05) is 23.7 Å². The molecular weight excluding hydrogens is 434 g/mol. The van der Waals surface area contributed by atoms with Gasteiger partial charge in [-0.3, -0.25) is 24.6 Å². The van der Waals surface area contributed by atoms with E-state index < -0.39 is 47.2 Å². The number of methoxy groups -OCH3 is 1. The van der Waals surface area contributed by atoms with Gasteiger partial charge in [-0.2, -0.15) is 0 Å². The van der Waals surface area contributed by atoms with Gasteiger partial charge in [0.2, 0.25) is 17.7 Å². The third kappa shape index (κ3) is 2.80. The molecule has 0 aliphatic carbocycles. The van der Waals surface area contributed by atoms with E-state index in [9.17, 15) is 19.5 Å². The number of aliphatic hydroxyl groups is 1. The van der Waals surface area contributed by atoms with Gasteiger partial charge in [0.05, 0.1) is 31.6 Å². The Morgan fingerprint density at radius 1 is 1.16 bits per heavy atom. The maximum atomic E-state index is 13.6. The summed E-state index contributed by atoms with van der Waals surface area (Å²) in [7, 11) is 1.56. The number of benzene rings is 2. The van der Waals surface area contributed by atoms with Crippen LogP contribution in [-0.4, -0.2) is 47.0 Å². The first-order chi connectivity index (χ1) is 15.3. The summed E-state index contributed by atoms with van der Waals surface area (Å²) in [5.41, 5.74) is 0.322. The van der Waals surface area contributed by atoms with Crippen LogP contribution < -0.4 is 15.4 Å². The molecule has 3 N–H and O–H groups in total. The van der Waals surface area contributed by atoms with Gasteiger partial charge in [-0.05, 0) is 42.8 Å². The second-order valence-electron chi connectivity index (χ2n) is 8.48. The van der Waals surface area contributed by atoms with Gasteiger partial charge >= 0.3 is 0 Å². The number of carbonyl (C=O) groups excluding carboxylic acids is 3. The van der Waals surface area contributed by atoms with Gasteiger partial charge in [-0.15, -0.1) is 0 Å². The molecule has 3 heterocycles. The van der Waals surface area contributed by atoms with E-state index in [1.54, 1.807) is 56.5 Å². The zero-order valence-electron chi connectivity index (χ0n) is 17.5. The summed E-state index contributed by atoms with van der Waals surface area (Å²) < 4.78 is 5.16. The fourth-order valence-corrected chi connectivity index (χ4v) is 5.42. The van der Waals surface area contributed by atoms with Crippen LogP contribution in [0.5, 0.6) is 5.75 Å². The van der Waals surface area contributed by atoms with Crippen molar-refractivity contribution in [2.24, 2.45) is 11.8 Å². The van der Waals surface area contributed by atoms with Crippen LogP contribution in [0, 0.1) is 11.8 Å². The van der Waals surface area contributed by atoms with E-state index in [0.29, 0.717) is 22.0 Å². The van der Waals surface area contributed by atoms with Crippen LogP contribution >= 0.6 is 11.6 Å². The SMILES string of the molecule is COc1ccc(CN2C(=O)[C@H]3[C@@H]([C@H](C)O)N[C@]4(C(=O)Nc5ccc(Cl)cc54)[C@@H]3C2=O)cc1. The minimum Gasteiger partial charge on any atom is -0.497 e. The van der Waals surface area contributed by atoms with Crippen molar-refractivity contribution >= 4 is 35.0 Å². The van der Waals surface area contributed by atoms with E-state index in [1.807, 2.05) is 0 Å². The summed E-state index contributed by atoms with van der Waals surface area (Å²) >= 11 is 6.21. The van der Waals surface area contributed by atoms with Crippen LogP contribution in [0.4, 0.5) is 5.69 Å². The van der Waals surface area contributed by atoms with E-state index in [2.05, 4.69) is 10.6 Å². The zero-order chi connectivity index (χ0) is 22.8. The summed E-state index contributed by atoms with van der Waals surface area (Å²) in [5, 5.41) is 16.8. The van der Waals surface area contributed by atoms with Crippen molar-refractivity contribution in [3.63, 3.8) is 0 Å². The van der Waals surface area contributed by atoms with Crippen molar-refractivity contribution in [2.45, 2.75) is 31.2 Å². The summed E-state index contributed by atoms with van der Waals surface area (Å²) in [6, 6.07) is 11.3. The lowest BCUT2D eigenvalue weighted by Crippen LogP contribution is -2.54. The Labute approximate surface area is 189 Å². The Kier molecular flexibility index (Phi) is 4.77. The summed E-state index contributed by atoms with van der Waals surface area (Å²) in [4.78, 5) is 41.5. The molecule has 166 valence electrons. The Hall–Kier alpha value is -2.94. The Morgan fingerprint density at radius 3 is 2.53 bits per heavy atom. The topological polar surface area (TPSA) is 108 Å². The molecule has 2 fully saturated rings. The van der Waals surface area contributed by atoms with Crippen LogP contribution in [0.15, 0.2) is 42.5 Å². The highest BCUT2D eigenvalue weighted by atomic mass is 35.5. The normalized spacial score (nSPS) is 29.3. The van der Waals surface area contributed by atoms with Crippen molar-refractivity contribution in [1.82, 2.24) is 10.2 Å². The lowest BCUT2D eigenvalue weighted by atomic mass is 9.76. The number of likely N-dealkylation sites (tertiary alicyclic amines) is 1. The average Bonchev–Trinajstić information content (AvgIpc) is 3.36. The molecule has 5 atom stereocenters. The van der Waals surface area contributed by atoms with E-state index in [-0.39, 0.29) is 6.54 Å². The standard InChI is InChI=1S/C23H22ClN3O5/c1-11(28)19-17-18(23(26-19)15-9-13(24)5-8-16(15)25-22(23)31)21(30)27(20(17)29)10-12-3-6-14(32-2)7-4-12/h3-9,11,17-19,26,28H,10H2,1-2H3,(H,25,31)/t11-,17+,18-,19+,23-/m0/s1. The smallest absolute Gasteiger partial charge is 0.250 e. The lowest BCUT2D eigenvalue weighted by Gasteiger charge is -2.30. The van der Waals surface area contributed by atoms with Gasteiger partial charge in [0, 0.05) is 22.3 Å². The highest BCUT2D eigenvalue weighted by Crippen LogP contribution is 2.53. The second kappa shape index (κ2) is 7.30. The number of anilines is 1. The Balaban J connectivity index is 1.58. The number of halogens is 1. The molecule has 1 spiro atoms. The molecule has 0 radical (unpaired) electrons. The number of fused-ring (bicyclic) bond motifs is 4. The molecule has 2 aromatic carbocycles. The van der Waals surface area contributed by atoms with Gasteiger partial charge < -0.3 is 15.2 Å². The van der Waals surface area contributed by atoms with Crippen molar-refractivity contribution in [3.05, 3.63) is 58.6 Å². The highest BCUT2D eigenvalue weighted by Gasteiger charge is 2.71. The summed E-state index contributed by atoms with van der Waals surface area (Å²) in [6.07, 6.45) is -0.962. The zero-order valence-corrected chi connectivity index (χ0v) is 18.2. The molecule has 9 heteroatoms. The molecule has 8 nitrogen and oxygen atoms in total. The number of hydrogen-bond acceptors (Lipinski definition) is 6. The summed E-state index contributed by atoms with van der Waals surface area (Å²) in [6.45, 7) is 1.62. The monoisotopic (exact) mass is 455 g/mol. The molecule has 0 aromatic heterocycles. The Morgan fingerprint density at radius 2 is 1.88 bits per heavy atom. The fourth-order valence-electron chi connectivity index (χ4n) is 5.25. The van der Waals surface area contributed by atoms with Crippen molar-refractivity contribution in [1.29, 1.82) is 0 Å². The first kappa shape index (κ1) is 20.9. The van der Waals surface area contributed by atoms with Gasteiger partial charge in [-0.25, -0.2) is 0 Å². The molecule has 0 bridgehead atoms. The molecule has 0 saturated carbocycles. The van der Waals surface area contributed by atoms with E-state index in [4.69, 9.17) is 16.3 Å². The predicted octanol–water partition coefficient (Wildman–Crippen LogP) is 1.65. The third-order valence-electron chi connectivity index (χ3n) is 6.72. The molecule has 0 unspecified atom stereocenters. The molecule has 3 amide bonds. The predicted molar refractivity (Wildman–Crippen MR) is 116 cm³/mol. The third-order valence-corrected chi connectivity index (χ3v) is 6.96. The van der Waals surface area contributed by atoms with E-state index in [1.165, 1.54) is 4.90 Å². The number of aliphatic hydroxyl groups excluding tert-OH is 1. The first-order valence-electron chi connectivity index (χ1n) is 10.3. The number of amides is 3. The molecule has 2 saturated heterocycles. The number of ether oxygens (including phenoxy) is 1. The maximum Gasteiger partial charge on any atom is 0.250 e. The van der Waals surface area contributed by atoms with Crippen molar-refractivity contribution in [3.8, 4) is 5.75 Å². The molecule has 3 aliphatic heterocycles. The van der Waals surface area contributed by atoms with Crippen molar-refractivity contribution < 1.29 is 24.2 Å². The second-order valence-corrected chi connectivity index (χ2v) is 8.91. The number of hydrogen-bond donors (Lipinski definition) is 3. The number of nitrogens with zero attached hydrogens (tertiary/aromatic N) is 1. The number of nitrogens with one attached hydrogen (secondary N) is 2. The van der Waals surface area contributed by atoms with Crippen LogP contribution in [0.3, 0.4) is 0 Å². The van der Waals surface area contributed by atoms with Gasteiger partial charge in [0.1, 0.15) is 11.3 Å². The number of rotatable bonds is 4. The maximum absolute atomic E-state index is 13.6. The van der Waals surface area contributed by atoms with E-state index in [0.717, 1.165) is 5.56 Å². The minimum atomic E-state index is -1.48. The number of imide groups is 1. The highest BCUT2D eigenvalue weighted by molar-refractivity contribution is 6.31. The quantitative estimate of drug-likeness (QED) is 0.605. The van der Waals surface area contributed by atoms with Crippen LogP contribution in [0.25, 0.3) is 0 Å². The van der Waals surface area contributed by atoms with E-state index >= 15 is 0 Å². The summed E-state index contributed by atoms with van der Waals surface area (Å²) in [5.74, 6) is -2.49. The average molecular weight is 456 g/mol. The largest absolute Gasteiger partial charge is 0.497 e. The van der Waals surface area contributed by atoms with Crippen molar-refractivity contribution in [2.75, 3.05) is 12.4 Å². The van der Waals surface area contributed by atoms with Gasteiger partial charge in [0.15, 0.2) is 0 Å². The molecular formula is C23H22ClN3O5. The first-order valence-corrected chi connectivity index (χ1v) is 10.7. The Bertz CT molecular complexity index is 1130. The molecule has 3 aliphatic rings. The molecule has 5 rings (SSSR count). The molecule has 2 aromatic rings. The van der Waals surface area contributed by atoms with Crippen LogP contribution in [0.2, 0.25) is 5.02 Å². The minimum absolute atomic E-state index is 0.0707. The molecule has 32 heavy (non-hydrogen) atoms. The van der Waals surface area contributed by atoms with Crippen LogP contribution in [-0.2, 0) is 26.5 Å². The number of carbonyl (C=O) groups is 3. The van der Waals surface area contributed by atoms with Crippen LogP contribution in [0.1, 0.15) is 18.1 Å². The fraction of sp³-hybridized carbons (Fsp3) is 0.348. The van der Waals surface area contributed by atoms with Gasteiger partial charge in [0.25, 0.3) is 0 Å². The lowest BCUT2D eigenvalue weighted by molar-refractivity contribution is -0.143.